The van der Waals surface area contributed by atoms with Crippen LogP contribution in [0.5, 0.6) is 0 Å². The lowest BCUT2D eigenvalue weighted by Gasteiger charge is -1.99. The molecule has 0 saturated carbocycles. The average molecular weight is 186 g/mol. The molecule has 0 N–H and O–H groups in total. The molecule has 14 heavy (non-hydrogen) atoms. The second-order valence-corrected chi connectivity index (χ2v) is 2.95. The molecule has 1 heterocycles. The zero-order valence-electron chi connectivity index (χ0n) is 7.52. The summed E-state index contributed by atoms with van der Waals surface area (Å²) in [5.74, 6) is -0.227. The van der Waals surface area contributed by atoms with Crippen molar-refractivity contribution in [2.45, 2.75) is 0 Å². The molecule has 1 aromatic carbocycles. The Labute approximate surface area is 82.2 Å². The highest BCUT2D eigenvalue weighted by Gasteiger charge is 1.98. The highest BCUT2D eigenvalue weighted by atomic mass is 19.1. The van der Waals surface area contributed by atoms with Crippen molar-refractivity contribution in [3.05, 3.63) is 72.2 Å². The van der Waals surface area contributed by atoms with E-state index >= 15 is 0 Å². The fourth-order valence-electron chi connectivity index (χ4n) is 1.23. The third-order valence-corrected chi connectivity index (χ3v) is 1.85. The summed E-state index contributed by atoms with van der Waals surface area (Å²) in [5.41, 5.74) is 1.65. The van der Waals surface area contributed by atoms with Gasteiger partial charge in [0.15, 0.2) is 0 Å². The van der Waals surface area contributed by atoms with Crippen LogP contribution in [0.2, 0.25) is 0 Å². The number of pyridine rings is 1. The lowest BCUT2D eigenvalue weighted by molar-refractivity contribution is 0.627. The van der Waals surface area contributed by atoms with Gasteiger partial charge in [0.1, 0.15) is 5.82 Å². The molecule has 0 fully saturated rings. The minimum absolute atomic E-state index is 0.227. The van der Waals surface area contributed by atoms with Crippen molar-refractivity contribution >= 4 is 0 Å². The number of rotatable bonds is 2. The Morgan fingerprint density at radius 1 is 1.07 bits per heavy atom. The van der Waals surface area contributed by atoms with Crippen molar-refractivity contribution in [1.29, 1.82) is 0 Å². The summed E-state index contributed by atoms with van der Waals surface area (Å²) >= 11 is 0. The van der Waals surface area contributed by atoms with Crippen LogP contribution in [-0.4, -0.2) is 4.98 Å². The van der Waals surface area contributed by atoms with Crippen LogP contribution < -0.4 is 0 Å². The highest BCUT2D eigenvalue weighted by Crippen LogP contribution is 2.10. The van der Waals surface area contributed by atoms with Crippen LogP contribution in [0, 0.1) is 12.2 Å². The highest BCUT2D eigenvalue weighted by molar-refractivity contribution is 5.32. The molecule has 0 atom stereocenters. The second-order valence-electron chi connectivity index (χ2n) is 2.95. The van der Waals surface area contributed by atoms with Gasteiger partial charge in [0.25, 0.3) is 0 Å². The largest absolute Gasteiger partial charge is 0.261 e. The minimum atomic E-state index is -0.227. The van der Waals surface area contributed by atoms with Crippen LogP contribution in [0.1, 0.15) is 11.3 Å². The zero-order chi connectivity index (χ0) is 9.80. The first-order chi connectivity index (χ1) is 6.84. The van der Waals surface area contributed by atoms with Gasteiger partial charge in [0.2, 0.25) is 0 Å². The second kappa shape index (κ2) is 4.01. The maximum absolute atomic E-state index is 12.8. The van der Waals surface area contributed by atoms with Crippen LogP contribution in [0.3, 0.4) is 0 Å². The quantitative estimate of drug-likeness (QED) is 0.702. The van der Waals surface area contributed by atoms with Gasteiger partial charge in [-0.3, -0.25) is 4.98 Å². The Kier molecular flexibility index (Phi) is 2.54. The minimum Gasteiger partial charge on any atom is -0.261 e. The van der Waals surface area contributed by atoms with Crippen molar-refractivity contribution in [2.24, 2.45) is 0 Å². The van der Waals surface area contributed by atoms with Gasteiger partial charge in [-0.2, -0.15) is 0 Å². The van der Waals surface area contributed by atoms with Crippen molar-refractivity contribution in [2.75, 3.05) is 0 Å². The normalized spacial score (nSPS) is 10.1. The monoisotopic (exact) mass is 186 g/mol. The zero-order valence-corrected chi connectivity index (χ0v) is 7.52. The van der Waals surface area contributed by atoms with Gasteiger partial charge < -0.3 is 0 Å². The molecule has 69 valence electrons. The van der Waals surface area contributed by atoms with E-state index in [2.05, 4.69) is 4.98 Å². The van der Waals surface area contributed by atoms with Crippen molar-refractivity contribution < 1.29 is 4.39 Å². The SMILES string of the molecule is Fc1cccc([CH]c2ccccn2)c1. The molecule has 0 saturated heterocycles. The number of benzene rings is 1. The van der Waals surface area contributed by atoms with E-state index in [0.29, 0.717) is 0 Å². The molecule has 2 rings (SSSR count). The molecule has 0 aliphatic rings. The van der Waals surface area contributed by atoms with E-state index in [1.54, 1.807) is 12.3 Å². The first-order valence-corrected chi connectivity index (χ1v) is 4.36. The Balaban J connectivity index is 2.19. The predicted molar refractivity (Wildman–Crippen MR) is 53.1 cm³/mol. The van der Waals surface area contributed by atoms with Gasteiger partial charge >= 0.3 is 0 Å². The summed E-state index contributed by atoms with van der Waals surface area (Å²) in [6.45, 7) is 0. The van der Waals surface area contributed by atoms with E-state index in [-0.39, 0.29) is 5.82 Å². The molecule has 2 heteroatoms. The summed E-state index contributed by atoms with van der Waals surface area (Å²) in [6, 6.07) is 12.1. The summed E-state index contributed by atoms with van der Waals surface area (Å²) in [4.78, 5) is 4.13. The van der Waals surface area contributed by atoms with Gasteiger partial charge in [-0.05, 0) is 29.8 Å². The molecule has 1 aromatic heterocycles. The number of nitrogens with zero attached hydrogens (tertiary/aromatic N) is 1. The number of halogens is 1. The van der Waals surface area contributed by atoms with E-state index in [4.69, 9.17) is 0 Å². The maximum Gasteiger partial charge on any atom is 0.123 e. The first-order valence-electron chi connectivity index (χ1n) is 4.36. The first kappa shape index (κ1) is 8.88. The summed E-state index contributed by atoms with van der Waals surface area (Å²) in [5, 5.41) is 0. The molecule has 0 spiro atoms. The molecule has 0 aliphatic carbocycles. The molecule has 0 unspecified atom stereocenters. The third kappa shape index (κ3) is 2.16. The smallest absolute Gasteiger partial charge is 0.123 e. The molecule has 1 nitrogen and oxygen atoms in total. The van der Waals surface area contributed by atoms with Crippen molar-refractivity contribution in [3.8, 4) is 0 Å². The maximum atomic E-state index is 12.8. The topological polar surface area (TPSA) is 12.9 Å². The number of hydrogen-bond acceptors (Lipinski definition) is 1. The van der Waals surface area contributed by atoms with E-state index < -0.39 is 0 Å². The van der Waals surface area contributed by atoms with Crippen LogP contribution in [-0.2, 0) is 0 Å². The molecule has 0 aliphatic heterocycles. The standard InChI is InChI=1S/C12H9FN/c13-11-5-3-4-10(8-11)9-12-6-1-2-7-14-12/h1-9H. The van der Waals surface area contributed by atoms with Crippen molar-refractivity contribution in [1.82, 2.24) is 4.98 Å². The van der Waals surface area contributed by atoms with Gasteiger partial charge in [0.05, 0.1) is 0 Å². The van der Waals surface area contributed by atoms with E-state index in [9.17, 15) is 4.39 Å². The summed E-state index contributed by atoms with van der Waals surface area (Å²) in [7, 11) is 0. The Bertz CT molecular complexity index is 412. The summed E-state index contributed by atoms with van der Waals surface area (Å²) < 4.78 is 12.8. The van der Waals surface area contributed by atoms with Crippen LogP contribution in [0.25, 0.3) is 0 Å². The van der Waals surface area contributed by atoms with Crippen LogP contribution in [0.15, 0.2) is 48.7 Å². The fourth-order valence-corrected chi connectivity index (χ4v) is 1.23. The van der Waals surface area contributed by atoms with Gasteiger partial charge in [0, 0.05) is 18.3 Å². The molecule has 1 radical (unpaired) electrons. The lowest BCUT2D eigenvalue weighted by Crippen LogP contribution is -1.88. The molecular weight excluding hydrogens is 177 g/mol. The van der Waals surface area contributed by atoms with Crippen molar-refractivity contribution in [3.63, 3.8) is 0 Å². The van der Waals surface area contributed by atoms with E-state index in [1.807, 2.05) is 30.7 Å². The van der Waals surface area contributed by atoms with E-state index in [1.165, 1.54) is 12.1 Å². The van der Waals surface area contributed by atoms with Crippen LogP contribution >= 0.6 is 0 Å². The lowest BCUT2D eigenvalue weighted by atomic mass is 10.1. The third-order valence-electron chi connectivity index (χ3n) is 1.85. The molecule has 0 amide bonds. The fraction of sp³-hybridized carbons (Fsp3) is 0. The van der Waals surface area contributed by atoms with Gasteiger partial charge in [-0.1, -0.05) is 18.2 Å². The van der Waals surface area contributed by atoms with E-state index in [0.717, 1.165) is 11.3 Å². The Hall–Kier alpha value is -1.70. The summed E-state index contributed by atoms with van der Waals surface area (Å²) in [6.07, 6.45) is 3.55. The number of hydrogen-bond donors (Lipinski definition) is 0. The van der Waals surface area contributed by atoms with Gasteiger partial charge in [-0.15, -0.1) is 0 Å². The predicted octanol–water partition coefficient (Wildman–Crippen LogP) is 2.82. The molecular formula is C12H9FN. The van der Waals surface area contributed by atoms with Crippen LogP contribution in [0.4, 0.5) is 4.39 Å². The molecule has 0 bridgehead atoms. The average Bonchev–Trinajstić information content (AvgIpc) is 2.19. The van der Waals surface area contributed by atoms with Gasteiger partial charge in [-0.25, -0.2) is 4.39 Å². The number of aromatic nitrogens is 1. The Morgan fingerprint density at radius 3 is 2.71 bits per heavy atom. The Morgan fingerprint density at radius 2 is 2.00 bits per heavy atom. The molecule has 2 aromatic rings.